The lowest BCUT2D eigenvalue weighted by Gasteiger charge is -2.41. The standard InChI is InChI=1S/C37H54ClN3O9S/c1-22-12-10-11-14-37(47)21-28(49-34(45)39-37)23(2)20-36(6,46)29(50-33(44)24(3)40(7)30(42)13-15-35(4,5)51)19-31(43)41(8)26-17-25(16-22)18-27(48-9)32(26)38/h10-12,17-18,23-24,28-29,46-47,51H,13-16,19-21H2,1-9H3,(H,39,45)/b11-10+,22-12+/t23-,24+,28+,29+,36-,37-/m1/s1. The third kappa shape index (κ3) is 11.6. The van der Waals surface area contributed by atoms with Crippen LogP contribution in [0.3, 0.4) is 0 Å². The zero-order valence-corrected chi connectivity index (χ0v) is 32.8. The van der Waals surface area contributed by atoms with Crippen LogP contribution in [-0.2, 0) is 30.3 Å². The molecule has 3 amide bonds. The van der Waals surface area contributed by atoms with E-state index in [4.69, 9.17) is 25.8 Å². The first-order valence-corrected chi connectivity index (χ1v) is 18.0. The maximum atomic E-state index is 14.0. The van der Waals surface area contributed by atoms with Crippen LogP contribution in [0.5, 0.6) is 5.75 Å². The average molecular weight is 752 g/mol. The molecule has 12 nitrogen and oxygen atoms in total. The number of rotatable bonds is 7. The van der Waals surface area contributed by atoms with Crippen LogP contribution in [0.25, 0.3) is 0 Å². The second-order valence-corrected chi connectivity index (χ2v) is 16.5. The molecular weight excluding hydrogens is 698 g/mol. The molecule has 1 saturated heterocycles. The van der Waals surface area contributed by atoms with Gasteiger partial charge in [0.25, 0.3) is 0 Å². The second-order valence-electron chi connectivity index (χ2n) is 14.9. The summed E-state index contributed by atoms with van der Waals surface area (Å²) >= 11 is 11.2. The van der Waals surface area contributed by atoms with Gasteiger partial charge in [-0.05, 0) is 63.6 Å². The fourth-order valence-electron chi connectivity index (χ4n) is 6.18. The Balaban J connectivity index is 2.04. The highest BCUT2D eigenvalue weighted by Gasteiger charge is 2.45. The number of ether oxygens (including phenoxy) is 3. The van der Waals surface area contributed by atoms with Crippen molar-refractivity contribution in [3.8, 4) is 5.75 Å². The molecule has 6 atom stereocenters. The predicted molar refractivity (Wildman–Crippen MR) is 199 cm³/mol. The van der Waals surface area contributed by atoms with Gasteiger partial charge in [-0.25, -0.2) is 9.59 Å². The molecular formula is C37H54ClN3O9S. The molecule has 0 aromatic heterocycles. The number of nitrogens with zero attached hydrogens (tertiary/aromatic N) is 2. The highest BCUT2D eigenvalue weighted by molar-refractivity contribution is 7.81. The zero-order chi connectivity index (χ0) is 38.5. The Morgan fingerprint density at radius 3 is 2.55 bits per heavy atom. The highest BCUT2D eigenvalue weighted by Crippen LogP contribution is 2.38. The minimum absolute atomic E-state index is 0.0201. The maximum Gasteiger partial charge on any atom is 0.409 e. The molecule has 0 aliphatic carbocycles. The summed E-state index contributed by atoms with van der Waals surface area (Å²) in [6.07, 6.45) is 3.09. The lowest BCUT2D eigenvalue weighted by atomic mass is 9.81. The highest BCUT2D eigenvalue weighted by atomic mass is 35.5. The number of hydrogen-bond acceptors (Lipinski definition) is 10. The lowest BCUT2D eigenvalue weighted by Crippen LogP contribution is -2.58. The van der Waals surface area contributed by atoms with Crippen molar-refractivity contribution in [2.24, 2.45) is 5.92 Å². The number of allylic oxidation sites excluding steroid dienone is 3. The van der Waals surface area contributed by atoms with Gasteiger partial charge in [0.1, 0.15) is 34.7 Å². The van der Waals surface area contributed by atoms with Crippen LogP contribution in [0.15, 0.2) is 35.9 Å². The van der Waals surface area contributed by atoms with Crippen molar-refractivity contribution < 1.29 is 43.6 Å². The van der Waals surface area contributed by atoms with Gasteiger partial charge in [0.05, 0.1) is 24.8 Å². The number of benzene rings is 1. The minimum Gasteiger partial charge on any atom is -0.495 e. The van der Waals surface area contributed by atoms with Gasteiger partial charge in [0.2, 0.25) is 11.8 Å². The normalized spacial score (nSPS) is 28.8. The summed E-state index contributed by atoms with van der Waals surface area (Å²) in [5.74, 6) is -1.83. The van der Waals surface area contributed by atoms with Gasteiger partial charge >= 0.3 is 12.1 Å². The van der Waals surface area contributed by atoms with Gasteiger partial charge in [-0.3, -0.25) is 14.9 Å². The van der Waals surface area contributed by atoms with Crippen LogP contribution in [-0.4, -0.2) is 94.5 Å². The number of aliphatic hydroxyl groups is 2. The van der Waals surface area contributed by atoms with Gasteiger partial charge in [0.15, 0.2) is 0 Å². The van der Waals surface area contributed by atoms with Crippen molar-refractivity contribution >= 4 is 53.8 Å². The molecule has 4 bridgehead atoms. The summed E-state index contributed by atoms with van der Waals surface area (Å²) in [5.41, 5.74) is -1.34. The fraction of sp³-hybridized carbons (Fsp3) is 0.622. The van der Waals surface area contributed by atoms with Crippen LogP contribution in [0.1, 0.15) is 85.6 Å². The molecule has 0 saturated carbocycles. The Labute approximate surface area is 311 Å². The Bertz CT molecular complexity index is 1520. The molecule has 3 N–H and O–H groups in total. The summed E-state index contributed by atoms with van der Waals surface area (Å²) in [7, 11) is 4.50. The number of fused-ring (bicyclic) bond motifs is 4. The molecule has 51 heavy (non-hydrogen) atoms. The van der Waals surface area contributed by atoms with Crippen LogP contribution < -0.4 is 15.0 Å². The van der Waals surface area contributed by atoms with E-state index in [1.54, 1.807) is 31.2 Å². The molecule has 1 aromatic carbocycles. The first-order chi connectivity index (χ1) is 23.6. The minimum atomic E-state index is -1.84. The van der Waals surface area contributed by atoms with Crippen molar-refractivity contribution in [2.75, 3.05) is 26.1 Å². The number of hydrogen-bond donors (Lipinski definition) is 4. The van der Waals surface area contributed by atoms with Gasteiger partial charge in [-0.15, -0.1) is 0 Å². The number of carbonyl (C=O) groups excluding carboxylic acids is 4. The molecule has 1 aromatic rings. The van der Waals surface area contributed by atoms with Crippen LogP contribution in [0.4, 0.5) is 10.5 Å². The first-order valence-electron chi connectivity index (χ1n) is 17.1. The Morgan fingerprint density at radius 1 is 1.25 bits per heavy atom. The summed E-state index contributed by atoms with van der Waals surface area (Å²) in [6.45, 7) is 10.4. The van der Waals surface area contributed by atoms with E-state index < -0.39 is 59.9 Å². The van der Waals surface area contributed by atoms with Gasteiger partial charge in [0, 0.05) is 38.1 Å². The molecule has 2 aliphatic rings. The molecule has 1 fully saturated rings. The van der Waals surface area contributed by atoms with Crippen molar-refractivity contribution in [1.82, 2.24) is 10.2 Å². The number of nitrogens with one attached hydrogen (secondary N) is 1. The molecule has 14 heteroatoms. The van der Waals surface area contributed by atoms with Crippen LogP contribution in [0, 0.1) is 5.92 Å². The van der Waals surface area contributed by atoms with E-state index in [-0.39, 0.29) is 41.4 Å². The summed E-state index contributed by atoms with van der Waals surface area (Å²) in [6, 6.07) is 2.51. The summed E-state index contributed by atoms with van der Waals surface area (Å²) in [4.78, 5) is 55.8. The number of likely N-dealkylation sites (N-methyl/N-ethyl adjacent to an activating group) is 1. The topological polar surface area (TPSA) is 155 Å². The van der Waals surface area contributed by atoms with Gasteiger partial charge < -0.3 is 34.2 Å². The van der Waals surface area contributed by atoms with Crippen LogP contribution >= 0.6 is 24.2 Å². The van der Waals surface area contributed by atoms with E-state index in [1.807, 2.05) is 26.8 Å². The third-order valence-corrected chi connectivity index (χ3v) is 10.2. The monoisotopic (exact) mass is 751 g/mol. The van der Waals surface area contributed by atoms with Crippen molar-refractivity contribution in [3.05, 3.63) is 46.5 Å². The number of carbonyl (C=O) groups is 4. The Kier molecular flexibility index (Phi) is 14.1. The number of esters is 1. The summed E-state index contributed by atoms with van der Waals surface area (Å²) < 4.78 is 16.6. The van der Waals surface area contributed by atoms with E-state index in [0.29, 0.717) is 24.3 Å². The number of methoxy groups -OCH3 is 1. The van der Waals surface area contributed by atoms with E-state index in [1.165, 1.54) is 44.9 Å². The fourth-order valence-corrected chi connectivity index (χ4v) is 6.60. The van der Waals surface area contributed by atoms with Crippen molar-refractivity contribution in [2.45, 2.75) is 121 Å². The molecule has 0 spiro atoms. The maximum absolute atomic E-state index is 14.0. The van der Waals surface area contributed by atoms with E-state index in [0.717, 1.165) is 11.1 Å². The number of halogens is 1. The Morgan fingerprint density at radius 2 is 1.92 bits per heavy atom. The molecule has 0 radical (unpaired) electrons. The smallest absolute Gasteiger partial charge is 0.409 e. The zero-order valence-electron chi connectivity index (χ0n) is 31.1. The lowest BCUT2D eigenvalue weighted by molar-refractivity contribution is -0.175. The van der Waals surface area contributed by atoms with E-state index in [2.05, 4.69) is 17.9 Å². The second kappa shape index (κ2) is 17.0. The number of thiol groups is 1. The molecule has 284 valence electrons. The largest absolute Gasteiger partial charge is 0.495 e. The predicted octanol–water partition coefficient (Wildman–Crippen LogP) is 5.36. The molecule has 3 rings (SSSR count). The Hall–Kier alpha value is -3.26. The first kappa shape index (κ1) is 42.2. The van der Waals surface area contributed by atoms with Crippen molar-refractivity contribution in [3.63, 3.8) is 0 Å². The number of anilines is 1. The van der Waals surface area contributed by atoms with E-state index >= 15 is 0 Å². The quantitative estimate of drug-likeness (QED) is 0.213. The van der Waals surface area contributed by atoms with E-state index in [9.17, 15) is 29.4 Å². The number of alkyl carbamates (subject to hydrolysis) is 1. The van der Waals surface area contributed by atoms with Crippen LogP contribution in [0.2, 0.25) is 5.02 Å². The third-order valence-electron chi connectivity index (χ3n) is 9.57. The molecule has 2 aliphatic heterocycles. The van der Waals surface area contributed by atoms with Crippen molar-refractivity contribution in [1.29, 1.82) is 0 Å². The van der Waals surface area contributed by atoms with Gasteiger partial charge in [-0.2, -0.15) is 12.6 Å². The molecule has 0 unspecified atom stereocenters. The average Bonchev–Trinajstić information content (AvgIpc) is 3.03. The molecule has 2 heterocycles. The summed E-state index contributed by atoms with van der Waals surface area (Å²) in [5, 5.41) is 26.0. The number of amides is 3. The van der Waals surface area contributed by atoms with Gasteiger partial charge in [-0.1, -0.05) is 56.2 Å². The SMILES string of the molecule is COc1cc2cc(c1Cl)N(C)C(=O)C[C@H](OC(=O)[C@H](C)N(C)C(=O)CCC(C)(C)S)[C@](C)(O)C[C@@H](C)[C@@H]1C[C@](O)(C/C=C/C=C(\C)C2)NC(=O)O1.